The van der Waals surface area contributed by atoms with Gasteiger partial charge in [0.2, 0.25) is 5.91 Å². The molecule has 1 heterocycles. The Kier molecular flexibility index (Phi) is 5.91. The normalized spacial score (nSPS) is 15.0. The fourth-order valence-corrected chi connectivity index (χ4v) is 3.48. The van der Waals surface area contributed by atoms with Crippen molar-refractivity contribution < 1.29 is 4.79 Å². The van der Waals surface area contributed by atoms with E-state index in [1.54, 1.807) is 11.3 Å². The van der Waals surface area contributed by atoms with Crippen LogP contribution in [0.15, 0.2) is 30.3 Å². The Hall–Kier alpha value is -1.72. The molecule has 0 bridgehead atoms. The average Bonchev–Trinajstić information content (AvgIpc) is 2.96. The summed E-state index contributed by atoms with van der Waals surface area (Å²) in [6, 6.07) is 9.53. The first-order chi connectivity index (χ1) is 10.9. The second-order valence-corrected chi connectivity index (χ2v) is 7.01. The third kappa shape index (κ3) is 4.18. The van der Waals surface area contributed by atoms with Crippen molar-refractivity contribution in [2.75, 3.05) is 0 Å². The van der Waals surface area contributed by atoms with Crippen molar-refractivity contribution in [3.8, 4) is 10.6 Å². The van der Waals surface area contributed by atoms with Crippen LogP contribution in [0.25, 0.3) is 10.6 Å². The zero-order chi connectivity index (χ0) is 17.0. The summed E-state index contributed by atoms with van der Waals surface area (Å²) in [5, 5.41) is 4.00. The lowest BCUT2D eigenvalue weighted by molar-refractivity contribution is -0.124. The van der Waals surface area contributed by atoms with Gasteiger partial charge in [0, 0.05) is 5.56 Å². The number of aryl methyl sites for hydroxylation is 1. The summed E-state index contributed by atoms with van der Waals surface area (Å²) in [6.07, 6.45) is 0.890. The highest BCUT2D eigenvalue weighted by molar-refractivity contribution is 7.15. The smallest absolute Gasteiger partial charge is 0.237 e. The molecular weight excluding hydrogens is 306 g/mol. The van der Waals surface area contributed by atoms with Gasteiger partial charge in [-0.1, -0.05) is 50.6 Å². The number of rotatable bonds is 6. The molecule has 1 aromatic heterocycles. The molecule has 0 aliphatic rings. The largest absolute Gasteiger partial charge is 0.347 e. The first-order valence-corrected chi connectivity index (χ1v) is 8.84. The lowest BCUT2D eigenvalue weighted by Gasteiger charge is -2.20. The second kappa shape index (κ2) is 7.70. The lowest BCUT2D eigenvalue weighted by Crippen LogP contribution is -2.45. The van der Waals surface area contributed by atoms with Crippen LogP contribution in [-0.2, 0) is 4.79 Å². The minimum atomic E-state index is -0.468. The molecule has 5 heteroatoms. The maximum absolute atomic E-state index is 12.3. The molecule has 2 aromatic rings. The molecule has 0 fully saturated rings. The molecule has 3 atom stereocenters. The van der Waals surface area contributed by atoms with Crippen LogP contribution in [0.2, 0.25) is 0 Å². The van der Waals surface area contributed by atoms with E-state index in [4.69, 9.17) is 5.73 Å². The highest BCUT2D eigenvalue weighted by atomic mass is 32.1. The van der Waals surface area contributed by atoms with E-state index in [0.717, 1.165) is 27.6 Å². The summed E-state index contributed by atoms with van der Waals surface area (Å²) in [5.74, 6) is 0.0746. The SMILES string of the molecule is CCC(C)C(N)C(=O)NC(C)c1sc(-c2ccccc2)nc1C. The molecule has 1 amide bonds. The number of amides is 1. The Morgan fingerprint density at radius 3 is 2.57 bits per heavy atom. The van der Waals surface area contributed by atoms with Crippen LogP contribution in [0.4, 0.5) is 0 Å². The standard InChI is InChI=1S/C18H25N3OS/c1-5-11(2)15(19)17(22)20-12(3)16-13(4)21-18(23-16)14-9-7-6-8-10-14/h6-12,15H,5,19H2,1-4H3,(H,20,22). The first-order valence-electron chi connectivity index (χ1n) is 8.02. The van der Waals surface area contributed by atoms with Crippen LogP contribution < -0.4 is 11.1 Å². The summed E-state index contributed by atoms with van der Waals surface area (Å²) < 4.78 is 0. The van der Waals surface area contributed by atoms with Crippen molar-refractivity contribution in [1.82, 2.24) is 10.3 Å². The number of aromatic nitrogens is 1. The quantitative estimate of drug-likeness (QED) is 0.848. The van der Waals surface area contributed by atoms with Crippen LogP contribution >= 0.6 is 11.3 Å². The van der Waals surface area contributed by atoms with Crippen molar-refractivity contribution in [2.24, 2.45) is 11.7 Å². The third-order valence-corrected chi connectivity index (χ3v) is 5.55. The molecule has 0 spiro atoms. The van der Waals surface area contributed by atoms with Crippen molar-refractivity contribution >= 4 is 17.2 Å². The molecule has 0 aliphatic carbocycles. The van der Waals surface area contributed by atoms with Crippen LogP contribution in [0, 0.1) is 12.8 Å². The van der Waals surface area contributed by atoms with Gasteiger partial charge in [-0.05, 0) is 19.8 Å². The molecule has 4 nitrogen and oxygen atoms in total. The molecule has 1 aromatic carbocycles. The minimum Gasteiger partial charge on any atom is -0.347 e. The van der Waals surface area contributed by atoms with Gasteiger partial charge in [-0.15, -0.1) is 11.3 Å². The van der Waals surface area contributed by atoms with Crippen molar-refractivity contribution in [3.05, 3.63) is 40.9 Å². The van der Waals surface area contributed by atoms with Crippen LogP contribution in [0.3, 0.4) is 0 Å². The Labute approximate surface area is 142 Å². The number of nitrogens with two attached hydrogens (primary N) is 1. The zero-order valence-corrected chi connectivity index (χ0v) is 15.0. The molecular formula is C18H25N3OS. The van der Waals surface area contributed by atoms with E-state index in [9.17, 15) is 4.79 Å². The topological polar surface area (TPSA) is 68.0 Å². The van der Waals surface area contributed by atoms with E-state index in [0.29, 0.717) is 0 Å². The average molecular weight is 331 g/mol. The highest BCUT2D eigenvalue weighted by Gasteiger charge is 2.23. The third-order valence-electron chi connectivity index (χ3n) is 4.17. The van der Waals surface area contributed by atoms with E-state index in [2.05, 4.69) is 10.3 Å². The number of nitrogens with zero attached hydrogens (tertiary/aromatic N) is 1. The molecule has 0 saturated carbocycles. The number of hydrogen-bond acceptors (Lipinski definition) is 4. The van der Waals surface area contributed by atoms with Gasteiger partial charge in [0.1, 0.15) is 5.01 Å². The predicted molar refractivity (Wildman–Crippen MR) is 96.3 cm³/mol. The van der Waals surface area contributed by atoms with Gasteiger partial charge in [-0.2, -0.15) is 0 Å². The maximum atomic E-state index is 12.3. The predicted octanol–water partition coefficient (Wildman–Crippen LogP) is 3.67. The van der Waals surface area contributed by atoms with Gasteiger partial charge in [0.25, 0.3) is 0 Å². The first kappa shape index (κ1) is 17.6. The number of carbonyl (C=O) groups is 1. The van der Waals surface area contributed by atoms with E-state index in [1.165, 1.54) is 0 Å². The number of carbonyl (C=O) groups excluding carboxylic acids is 1. The van der Waals surface area contributed by atoms with Crippen molar-refractivity contribution in [1.29, 1.82) is 0 Å². The number of thiazole rings is 1. The van der Waals surface area contributed by atoms with Crippen LogP contribution in [0.1, 0.15) is 43.8 Å². The van der Waals surface area contributed by atoms with Gasteiger partial charge >= 0.3 is 0 Å². The van der Waals surface area contributed by atoms with Crippen LogP contribution in [0.5, 0.6) is 0 Å². The minimum absolute atomic E-state index is 0.0902. The lowest BCUT2D eigenvalue weighted by atomic mass is 9.99. The monoisotopic (exact) mass is 331 g/mol. The molecule has 3 unspecified atom stereocenters. The summed E-state index contributed by atoms with van der Waals surface area (Å²) in [6.45, 7) is 8.01. The number of benzene rings is 1. The fourth-order valence-electron chi connectivity index (χ4n) is 2.40. The Morgan fingerprint density at radius 2 is 1.96 bits per heavy atom. The van der Waals surface area contributed by atoms with Gasteiger partial charge < -0.3 is 11.1 Å². The summed E-state index contributed by atoms with van der Waals surface area (Å²) in [7, 11) is 0. The van der Waals surface area contributed by atoms with E-state index < -0.39 is 6.04 Å². The Bertz CT molecular complexity index is 654. The molecule has 0 aliphatic heterocycles. The summed E-state index contributed by atoms with van der Waals surface area (Å²) >= 11 is 1.62. The summed E-state index contributed by atoms with van der Waals surface area (Å²) in [5.41, 5.74) is 8.06. The molecule has 124 valence electrons. The maximum Gasteiger partial charge on any atom is 0.237 e. The van der Waals surface area contributed by atoms with E-state index in [-0.39, 0.29) is 17.9 Å². The molecule has 2 rings (SSSR count). The molecule has 0 saturated heterocycles. The molecule has 0 radical (unpaired) electrons. The molecule has 23 heavy (non-hydrogen) atoms. The zero-order valence-electron chi connectivity index (χ0n) is 14.2. The van der Waals surface area contributed by atoms with Gasteiger partial charge in [-0.25, -0.2) is 4.98 Å². The van der Waals surface area contributed by atoms with Gasteiger partial charge in [0.15, 0.2) is 0 Å². The van der Waals surface area contributed by atoms with Crippen molar-refractivity contribution in [3.63, 3.8) is 0 Å². The second-order valence-electron chi connectivity index (χ2n) is 5.98. The Morgan fingerprint density at radius 1 is 1.30 bits per heavy atom. The van der Waals surface area contributed by atoms with E-state index >= 15 is 0 Å². The van der Waals surface area contributed by atoms with Gasteiger partial charge in [0.05, 0.1) is 22.7 Å². The van der Waals surface area contributed by atoms with Gasteiger partial charge in [-0.3, -0.25) is 4.79 Å². The number of hydrogen-bond donors (Lipinski definition) is 2. The highest BCUT2D eigenvalue weighted by Crippen LogP contribution is 2.31. The Balaban J connectivity index is 2.13. The molecule has 3 N–H and O–H groups in total. The van der Waals surface area contributed by atoms with Crippen LogP contribution in [-0.4, -0.2) is 16.9 Å². The van der Waals surface area contributed by atoms with Crippen molar-refractivity contribution in [2.45, 2.75) is 46.2 Å². The number of nitrogens with one attached hydrogen (secondary N) is 1. The fraction of sp³-hybridized carbons (Fsp3) is 0.444. The van der Waals surface area contributed by atoms with E-state index in [1.807, 2.05) is 58.0 Å². The summed E-state index contributed by atoms with van der Waals surface area (Å²) in [4.78, 5) is 18.0.